The number of nitrogens with one attached hydrogen (secondary N) is 1. The predicted molar refractivity (Wildman–Crippen MR) is 73.9 cm³/mol. The molecule has 0 radical (unpaired) electrons. The summed E-state index contributed by atoms with van der Waals surface area (Å²) in [6.45, 7) is 11.5. The molecule has 0 spiro atoms. The SMILES string of the molecule is CCCNCCCOc1cc(C)c(C)cc1C. The van der Waals surface area contributed by atoms with Crippen LogP contribution in [-0.2, 0) is 0 Å². The van der Waals surface area contributed by atoms with Crippen molar-refractivity contribution in [3.05, 3.63) is 28.8 Å². The standard InChI is InChI=1S/C15H25NO/c1-5-7-16-8-6-9-17-15-11-13(3)12(2)10-14(15)4/h10-11,16H,5-9H2,1-4H3. The number of hydrogen-bond acceptors (Lipinski definition) is 2. The molecule has 2 heteroatoms. The molecule has 0 aliphatic rings. The van der Waals surface area contributed by atoms with Gasteiger partial charge < -0.3 is 10.1 Å². The highest BCUT2D eigenvalue weighted by molar-refractivity contribution is 5.40. The quantitative estimate of drug-likeness (QED) is 0.732. The summed E-state index contributed by atoms with van der Waals surface area (Å²) in [6.07, 6.45) is 2.25. The fourth-order valence-corrected chi connectivity index (χ4v) is 1.77. The Bertz CT molecular complexity index is 347. The Balaban J connectivity index is 2.34. The van der Waals surface area contributed by atoms with Crippen LogP contribution in [0.5, 0.6) is 5.75 Å². The monoisotopic (exact) mass is 235 g/mol. The summed E-state index contributed by atoms with van der Waals surface area (Å²) < 4.78 is 5.81. The number of ether oxygens (including phenoxy) is 1. The van der Waals surface area contributed by atoms with Crippen molar-refractivity contribution in [1.29, 1.82) is 0 Å². The molecule has 0 unspecified atom stereocenters. The molecule has 2 nitrogen and oxygen atoms in total. The average molecular weight is 235 g/mol. The minimum absolute atomic E-state index is 0.792. The summed E-state index contributed by atoms with van der Waals surface area (Å²) in [5.74, 6) is 1.03. The molecule has 0 heterocycles. The minimum Gasteiger partial charge on any atom is -0.493 e. The van der Waals surface area contributed by atoms with E-state index < -0.39 is 0 Å². The van der Waals surface area contributed by atoms with Gasteiger partial charge in [0.25, 0.3) is 0 Å². The highest BCUT2D eigenvalue weighted by atomic mass is 16.5. The molecule has 96 valence electrons. The zero-order chi connectivity index (χ0) is 12.7. The summed E-state index contributed by atoms with van der Waals surface area (Å²) in [4.78, 5) is 0. The van der Waals surface area contributed by atoms with Gasteiger partial charge in [0.1, 0.15) is 5.75 Å². The van der Waals surface area contributed by atoms with Gasteiger partial charge in [0.05, 0.1) is 6.61 Å². The van der Waals surface area contributed by atoms with Crippen molar-refractivity contribution < 1.29 is 4.74 Å². The predicted octanol–water partition coefficient (Wildman–Crippen LogP) is 3.38. The highest BCUT2D eigenvalue weighted by Gasteiger charge is 2.02. The van der Waals surface area contributed by atoms with Crippen molar-refractivity contribution >= 4 is 0 Å². The van der Waals surface area contributed by atoms with Crippen LogP contribution in [0.3, 0.4) is 0 Å². The third-order valence-electron chi connectivity index (χ3n) is 2.97. The van der Waals surface area contributed by atoms with E-state index in [4.69, 9.17) is 4.74 Å². The van der Waals surface area contributed by atoms with Gasteiger partial charge in [-0.15, -0.1) is 0 Å². The van der Waals surface area contributed by atoms with Gasteiger partial charge in [-0.05, 0) is 69.5 Å². The summed E-state index contributed by atoms with van der Waals surface area (Å²) in [5, 5.41) is 3.38. The first-order valence-electron chi connectivity index (χ1n) is 6.56. The fourth-order valence-electron chi connectivity index (χ4n) is 1.77. The summed E-state index contributed by atoms with van der Waals surface area (Å²) in [5.41, 5.74) is 3.86. The van der Waals surface area contributed by atoms with E-state index in [1.54, 1.807) is 0 Å². The van der Waals surface area contributed by atoms with E-state index in [1.807, 2.05) is 0 Å². The lowest BCUT2D eigenvalue weighted by Crippen LogP contribution is -2.18. The molecule has 1 aromatic carbocycles. The van der Waals surface area contributed by atoms with Gasteiger partial charge in [0.2, 0.25) is 0 Å². The molecule has 0 fully saturated rings. The van der Waals surface area contributed by atoms with Gasteiger partial charge in [0.15, 0.2) is 0 Å². The number of aryl methyl sites for hydroxylation is 3. The average Bonchev–Trinajstić information content (AvgIpc) is 2.30. The second-order valence-corrected chi connectivity index (χ2v) is 4.65. The van der Waals surface area contributed by atoms with Crippen LogP contribution in [0.1, 0.15) is 36.5 Å². The molecule has 0 saturated carbocycles. The first-order valence-corrected chi connectivity index (χ1v) is 6.56. The molecule has 1 rings (SSSR count). The van der Waals surface area contributed by atoms with Gasteiger partial charge in [-0.1, -0.05) is 13.0 Å². The maximum atomic E-state index is 5.81. The maximum absolute atomic E-state index is 5.81. The molecule has 0 saturated heterocycles. The zero-order valence-corrected chi connectivity index (χ0v) is 11.6. The zero-order valence-electron chi connectivity index (χ0n) is 11.6. The Labute approximate surface area is 105 Å². The Morgan fingerprint density at radius 1 is 1.00 bits per heavy atom. The van der Waals surface area contributed by atoms with E-state index in [-0.39, 0.29) is 0 Å². The van der Waals surface area contributed by atoms with E-state index in [0.29, 0.717) is 0 Å². The molecule has 0 aromatic heterocycles. The van der Waals surface area contributed by atoms with Crippen molar-refractivity contribution in [2.45, 2.75) is 40.5 Å². The van der Waals surface area contributed by atoms with Gasteiger partial charge in [-0.2, -0.15) is 0 Å². The van der Waals surface area contributed by atoms with E-state index in [2.05, 4.69) is 45.1 Å². The van der Waals surface area contributed by atoms with Gasteiger partial charge in [-0.3, -0.25) is 0 Å². The van der Waals surface area contributed by atoms with E-state index in [0.717, 1.165) is 31.9 Å². The van der Waals surface area contributed by atoms with Crippen LogP contribution in [-0.4, -0.2) is 19.7 Å². The third kappa shape index (κ3) is 4.78. The van der Waals surface area contributed by atoms with Crippen LogP contribution in [0.4, 0.5) is 0 Å². The van der Waals surface area contributed by atoms with Gasteiger partial charge in [-0.25, -0.2) is 0 Å². The number of hydrogen-bond donors (Lipinski definition) is 1. The van der Waals surface area contributed by atoms with Crippen molar-refractivity contribution in [1.82, 2.24) is 5.32 Å². The second kappa shape index (κ2) is 7.33. The van der Waals surface area contributed by atoms with Crippen LogP contribution in [0, 0.1) is 20.8 Å². The summed E-state index contributed by atoms with van der Waals surface area (Å²) >= 11 is 0. The molecule has 0 amide bonds. The third-order valence-corrected chi connectivity index (χ3v) is 2.97. The molecule has 0 atom stereocenters. The molecular weight excluding hydrogens is 210 g/mol. The van der Waals surface area contributed by atoms with Crippen LogP contribution >= 0.6 is 0 Å². The van der Waals surface area contributed by atoms with Crippen molar-refractivity contribution in [3.63, 3.8) is 0 Å². The van der Waals surface area contributed by atoms with Crippen molar-refractivity contribution in [2.75, 3.05) is 19.7 Å². The number of rotatable bonds is 7. The van der Waals surface area contributed by atoms with Crippen LogP contribution in [0.25, 0.3) is 0 Å². The lowest BCUT2D eigenvalue weighted by molar-refractivity contribution is 0.306. The Morgan fingerprint density at radius 2 is 1.71 bits per heavy atom. The Morgan fingerprint density at radius 3 is 2.41 bits per heavy atom. The normalized spacial score (nSPS) is 10.6. The molecule has 0 bridgehead atoms. The maximum Gasteiger partial charge on any atom is 0.122 e. The molecule has 0 aliphatic heterocycles. The minimum atomic E-state index is 0.792. The van der Waals surface area contributed by atoms with E-state index in [9.17, 15) is 0 Å². The molecule has 1 aromatic rings. The van der Waals surface area contributed by atoms with Crippen LogP contribution in [0.2, 0.25) is 0 Å². The molecular formula is C15H25NO. The summed E-state index contributed by atoms with van der Waals surface area (Å²) in [6, 6.07) is 4.34. The molecule has 17 heavy (non-hydrogen) atoms. The van der Waals surface area contributed by atoms with Crippen molar-refractivity contribution in [3.8, 4) is 5.75 Å². The van der Waals surface area contributed by atoms with Gasteiger partial charge >= 0.3 is 0 Å². The highest BCUT2D eigenvalue weighted by Crippen LogP contribution is 2.22. The first kappa shape index (κ1) is 14.0. The molecule has 1 N–H and O–H groups in total. The first-order chi connectivity index (χ1) is 8.15. The van der Waals surface area contributed by atoms with E-state index >= 15 is 0 Å². The number of benzene rings is 1. The Kier molecular flexibility index (Phi) is 6.06. The fraction of sp³-hybridized carbons (Fsp3) is 0.600. The Hall–Kier alpha value is -1.02. The molecule has 0 aliphatic carbocycles. The second-order valence-electron chi connectivity index (χ2n) is 4.65. The largest absolute Gasteiger partial charge is 0.493 e. The van der Waals surface area contributed by atoms with Crippen molar-refractivity contribution in [2.24, 2.45) is 0 Å². The smallest absolute Gasteiger partial charge is 0.122 e. The van der Waals surface area contributed by atoms with Crippen LogP contribution < -0.4 is 10.1 Å². The topological polar surface area (TPSA) is 21.3 Å². The van der Waals surface area contributed by atoms with Crippen LogP contribution in [0.15, 0.2) is 12.1 Å². The van der Waals surface area contributed by atoms with Gasteiger partial charge in [0, 0.05) is 0 Å². The van der Waals surface area contributed by atoms with E-state index in [1.165, 1.54) is 23.1 Å². The summed E-state index contributed by atoms with van der Waals surface area (Å²) in [7, 11) is 0. The lowest BCUT2D eigenvalue weighted by atomic mass is 10.1. The lowest BCUT2D eigenvalue weighted by Gasteiger charge is -2.12.